The van der Waals surface area contributed by atoms with Crippen molar-refractivity contribution in [2.75, 3.05) is 77.1 Å². The summed E-state index contributed by atoms with van der Waals surface area (Å²) in [5.74, 6) is -14.3. The molecule has 6 aliphatic heterocycles. The number of pyridine rings is 2. The minimum atomic E-state index is -2.80. The van der Waals surface area contributed by atoms with Crippen LogP contribution in [-0.4, -0.2) is 167 Å². The average molecular weight is 1250 g/mol. The van der Waals surface area contributed by atoms with Gasteiger partial charge >= 0.3 is 12.2 Å². The van der Waals surface area contributed by atoms with Gasteiger partial charge < -0.3 is 49.2 Å². The van der Waals surface area contributed by atoms with Crippen LogP contribution in [0.4, 0.5) is 53.5 Å². The normalized spacial score (nSPS) is 22.4. The molecule has 1 aliphatic carbocycles. The highest BCUT2D eigenvalue weighted by molar-refractivity contribution is 5.97. The number of nitrogens with zero attached hydrogens (tertiary/aromatic N) is 6. The number of hydrogen-bond donors (Lipinski definition) is 2. The number of methoxy groups -OCH3 is 1. The van der Waals surface area contributed by atoms with Crippen LogP contribution in [0.5, 0.6) is 11.5 Å². The molecule has 0 aromatic carbocycles. The zero-order valence-corrected chi connectivity index (χ0v) is 48.7. The molecule has 0 bridgehead atoms. The van der Waals surface area contributed by atoms with Crippen molar-refractivity contribution in [2.24, 2.45) is 0 Å². The Morgan fingerprint density at radius 2 is 0.976 bits per heavy atom. The minimum absolute atomic E-state index is 0. The summed E-state index contributed by atoms with van der Waals surface area (Å²) in [6.07, 6.45) is 4.82. The molecule has 0 spiro atoms. The molecule has 5 fully saturated rings. The molecule has 30 heteroatoms. The molecule has 85 heavy (non-hydrogen) atoms. The van der Waals surface area contributed by atoms with E-state index in [-0.39, 0.29) is 137 Å². The molecule has 0 radical (unpaired) electrons. The highest BCUT2D eigenvalue weighted by Gasteiger charge is 2.48. The van der Waals surface area contributed by atoms with Crippen LogP contribution < -0.4 is 31.2 Å². The fourth-order valence-corrected chi connectivity index (χ4v) is 9.58. The molecule has 480 valence electrons. The summed E-state index contributed by atoms with van der Waals surface area (Å²) in [6.45, 7) is 11.5. The maximum Gasteiger partial charge on any atom is 0.412 e. The van der Waals surface area contributed by atoms with E-state index in [2.05, 4.69) is 24.0 Å². The number of alkyl halides is 10. The van der Waals surface area contributed by atoms with Crippen LogP contribution in [0.1, 0.15) is 144 Å². The lowest BCUT2D eigenvalue weighted by Gasteiger charge is -2.44. The maximum atomic E-state index is 13.6. The number of rotatable bonds is 13. The first-order valence-corrected chi connectivity index (χ1v) is 28.0. The Hall–Kier alpha value is -6.39. The van der Waals surface area contributed by atoms with Gasteiger partial charge in [-0.1, -0.05) is 58.4 Å². The lowest BCUT2D eigenvalue weighted by molar-refractivity contribution is -0.140. The van der Waals surface area contributed by atoms with E-state index in [0.29, 0.717) is 26.1 Å². The van der Waals surface area contributed by atoms with Crippen LogP contribution >= 0.6 is 12.4 Å². The Morgan fingerprint density at radius 3 is 1.38 bits per heavy atom. The van der Waals surface area contributed by atoms with Crippen LogP contribution in [0.15, 0.2) is 59.4 Å². The molecule has 19 nitrogen and oxygen atoms in total. The second-order valence-corrected chi connectivity index (χ2v) is 21.0. The third kappa shape index (κ3) is 20.6. The summed E-state index contributed by atoms with van der Waals surface area (Å²) in [7, 11) is 1.29. The number of fused-ring (bicyclic) bond motifs is 4. The third-order valence-electron chi connectivity index (χ3n) is 14.3. The molecule has 1 saturated carbocycles. The van der Waals surface area contributed by atoms with Crippen molar-refractivity contribution < 1.29 is 86.8 Å². The molecular formula is C55H77ClF10N8O11. The molecule has 8 heterocycles. The first-order chi connectivity index (χ1) is 39.6. The second-order valence-electron chi connectivity index (χ2n) is 21.0. The third-order valence-corrected chi connectivity index (χ3v) is 14.3. The summed E-state index contributed by atoms with van der Waals surface area (Å²) in [4.78, 5) is 77.2. The zero-order valence-electron chi connectivity index (χ0n) is 47.9. The quantitative estimate of drug-likeness (QED) is 0.109. The van der Waals surface area contributed by atoms with Crippen molar-refractivity contribution in [3.05, 3.63) is 81.7 Å². The SMILES string of the molecule is C=CCOC(=O)N1CCC(F)(F)CC1.C=CCOC(=O)N1CCC(F)(F)CC1OC.CCCCOc1c2n(ccc1=O)NC1CC(F)(F)CCN1C2=O.CCCCOc1c2n(ccc1=O)N[C@@H]1CC(F)(F)CCN1C2=O.Cl.FC1(F)CCCCC1. The van der Waals surface area contributed by atoms with Gasteiger partial charge in [0.05, 0.1) is 32.5 Å². The number of unbranched alkanes of at least 4 members (excludes halogenated alkanes) is 2. The van der Waals surface area contributed by atoms with E-state index in [1.807, 2.05) is 13.8 Å². The number of ether oxygens (including phenoxy) is 5. The van der Waals surface area contributed by atoms with Crippen LogP contribution in [-0.2, 0) is 14.2 Å². The summed E-state index contributed by atoms with van der Waals surface area (Å²) in [5.41, 5.74) is 5.12. The maximum absolute atomic E-state index is 13.6. The van der Waals surface area contributed by atoms with Crippen molar-refractivity contribution in [1.29, 1.82) is 0 Å². The van der Waals surface area contributed by atoms with Gasteiger partial charge in [0.1, 0.15) is 31.8 Å². The fourth-order valence-electron chi connectivity index (χ4n) is 9.58. The number of hydrogen-bond acceptors (Lipinski definition) is 13. The first kappa shape index (κ1) is 71.1. The highest BCUT2D eigenvalue weighted by Crippen LogP contribution is 2.38. The predicted molar refractivity (Wildman–Crippen MR) is 295 cm³/mol. The van der Waals surface area contributed by atoms with Crippen LogP contribution in [0.3, 0.4) is 0 Å². The molecule has 7 aliphatic rings. The van der Waals surface area contributed by atoms with Gasteiger partial charge in [-0.25, -0.2) is 53.5 Å². The van der Waals surface area contributed by atoms with Gasteiger partial charge in [0.15, 0.2) is 22.9 Å². The number of piperidine rings is 4. The average Bonchev–Trinajstić information content (AvgIpc) is 1.99. The van der Waals surface area contributed by atoms with Crippen LogP contribution in [0, 0.1) is 0 Å². The van der Waals surface area contributed by atoms with Gasteiger partial charge in [0, 0.05) is 109 Å². The lowest BCUT2D eigenvalue weighted by Crippen LogP contribution is -2.59. The first-order valence-electron chi connectivity index (χ1n) is 28.0. The minimum Gasteiger partial charge on any atom is -0.487 e. The standard InChI is InChI=1S/2C15H19F2N3O3.C10H15F2NO3.C9H13F2NO2.C6H10F2.ClH/c2*1-2-3-8-23-13-10(21)4-6-20-12(13)14(22)19-7-5-15(16,17)9-11(19)18-20;1-3-6-16-9(14)13-5-4-10(11,12)7-8(13)15-2;1-2-7-14-8(13)12-5-3-9(10,11)4-6-12;7-6(8)4-2-1-3-5-6;/h2*4,6,11,18H,2-3,5,7-9H2,1H3;3,8H,1,4-7H2,2H3;2H,1,3-7H2;1-5H2;1H/t11-;;;;;/m0...../s1. The van der Waals surface area contributed by atoms with Gasteiger partial charge in [0.2, 0.25) is 16.8 Å². The number of nitrogens with one attached hydrogen (secondary N) is 2. The zero-order chi connectivity index (χ0) is 62.0. The van der Waals surface area contributed by atoms with E-state index in [0.717, 1.165) is 32.1 Å². The number of likely N-dealkylation sites (tertiary alicyclic amines) is 2. The number of halogens is 11. The van der Waals surface area contributed by atoms with Crippen molar-refractivity contribution in [3.63, 3.8) is 0 Å². The largest absolute Gasteiger partial charge is 0.487 e. The molecular weight excluding hydrogens is 1170 g/mol. The van der Waals surface area contributed by atoms with E-state index >= 15 is 0 Å². The van der Waals surface area contributed by atoms with Gasteiger partial charge in [-0.15, -0.1) is 12.4 Å². The van der Waals surface area contributed by atoms with E-state index in [1.54, 1.807) is 0 Å². The molecule has 2 aromatic heterocycles. The molecule has 4 amide bonds. The van der Waals surface area contributed by atoms with Gasteiger partial charge in [-0.05, 0) is 25.7 Å². The van der Waals surface area contributed by atoms with E-state index in [1.165, 1.54) is 72.7 Å². The van der Waals surface area contributed by atoms with Gasteiger partial charge in [0.25, 0.3) is 35.5 Å². The summed E-state index contributed by atoms with van der Waals surface area (Å²) in [6, 6.07) is 2.53. The fraction of sp³-hybridized carbons (Fsp3) is 0.673. The molecule has 2 N–H and O–H groups in total. The van der Waals surface area contributed by atoms with Gasteiger partial charge in [-0.2, -0.15) is 0 Å². The molecule has 9 rings (SSSR count). The number of amides is 4. The van der Waals surface area contributed by atoms with Crippen LogP contribution in [0.25, 0.3) is 0 Å². The van der Waals surface area contributed by atoms with Crippen molar-refractivity contribution in [2.45, 2.75) is 171 Å². The molecule has 3 atom stereocenters. The highest BCUT2D eigenvalue weighted by atomic mass is 35.5. The summed E-state index contributed by atoms with van der Waals surface area (Å²) in [5, 5.41) is 0. The summed E-state index contributed by atoms with van der Waals surface area (Å²) < 4.78 is 158. The molecule has 4 saturated heterocycles. The van der Waals surface area contributed by atoms with Crippen molar-refractivity contribution >= 4 is 36.4 Å². The van der Waals surface area contributed by atoms with Gasteiger partial charge in [-0.3, -0.25) is 33.4 Å². The predicted octanol–water partition coefficient (Wildman–Crippen LogP) is 10.6. The number of carbonyl (C=O) groups excluding carboxylic acids is 4. The molecule has 2 unspecified atom stereocenters. The molecule has 2 aromatic rings. The van der Waals surface area contributed by atoms with E-state index < -0.39 is 91.4 Å². The smallest absolute Gasteiger partial charge is 0.412 e. The van der Waals surface area contributed by atoms with E-state index in [9.17, 15) is 72.7 Å². The Balaban J connectivity index is 0.000000236. The topological polar surface area (TPSA) is 195 Å². The number of carbonyl (C=O) groups is 4. The Labute approximate surface area is 492 Å². The van der Waals surface area contributed by atoms with Crippen LogP contribution in [0.2, 0.25) is 0 Å². The Morgan fingerprint density at radius 1 is 0.576 bits per heavy atom. The van der Waals surface area contributed by atoms with E-state index in [4.69, 9.17) is 23.7 Å². The lowest BCUT2D eigenvalue weighted by atomic mass is 9.97. The van der Waals surface area contributed by atoms with Crippen molar-refractivity contribution in [1.82, 2.24) is 29.0 Å². The Kier molecular flexibility index (Phi) is 26.6. The number of aromatic nitrogens is 2. The summed E-state index contributed by atoms with van der Waals surface area (Å²) >= 11 is 0. The monoisotopic (exact) mass is 1250 g/mol. The second kappa shape index (κ2) is 31.8. The Bertz CT molecular complexity index is 2560. The van der Waals surface area contributed by atoms with Crippen molar-refractivity contribution in [3.8, 4) is 11.5 Å².